The molecular weight excluding hydrogens is 446 g/mol. The Morgan fingerprint density at radius 3 is 1.97 bits per heavy atom. The minimum absolute atomic E-state index is 0.199. The van der Waals surface area contributed by atoms with Crippen LogP contribution in [-0.4, -0.2) is 38.0 Å². The molecule has 0 spiro atoms. The highest BCUT2D eigenvalue weighted by atomic mass is 16.5. The Morgan fingerprint density at radius 2 is 1.34 bits per heavy atom. The second-order valence-electron chi connectivity index (χ2n) is 8.11. The molecular formula is C27H29N3O5. The van der Waals surface area contributed by atoms with Crippen molar-refractivity contribution in [2.24, 2.45) is 5.92 Å². The lowest BCUT2D eigenvalue weighted by molar-refractivity contribution is -0.118. The van der Waals surface area contributed by atoms with Crippen LogP contribution in [0.2, 0.25) is 0 Å². The summed E-state index contributed by atoms with van der Waals surface area (Å²) in [7, 11) is 3.06. The van der Waals surface area contributed by atoms with Crippen LogP contribution in [0, 0.1) is 5.92 Å². The molecule has 0 saturated heterocycles. The highest BCUT2D eigenvalue weighted by Gasteiger charge is 2.26. The maximum Gasteiger partial charge on any atom is 0.255 e. The predicted octanol–water partition coefficient (Wildman–Crippen LogP) is 4.35. The molecule has 3 aromatic rings. The lowest BCUT2D eigenvalue weighted by Gasteiger charge is -2.23. The first-order chi connectivity index (χ1) is 16.8. The summed E-state index contributed by atoms with van der Waals surface area (Å²) >= 11 is 0. The average Bonchev–Trinajstić information content (AvgIpc) is 2.87. The van der Waals surface area contributed by atoms with E-state index in [9.17, 15) is 14.4 Å². The Kier molecular flexibility index (Phi) is 8.45. The predicted molar refractivity (Wildman–Crippen MR) is 135 cm³/mol. The van der Waals surface area contributed by atoms with Crippen molar-refractivity contribution < 1.29 is 23.9 Å². The van der Waals surface area contributed by atoms with E-state index in [0.29, 0.717) is 28.4 Å². The van der Waals surface area contributed by atoms with Crippen molar-refractivity contribution in [1.29, 1.82) is 0 Å². The van der Waals surface area contributed by atoms with E-state index in [1.165, 1.54) is 7.11 Å². The summed E-state index contributed by atoms with van der Waals surface area (Å²) in [5, 5.41) is 8.39. The summed E-state index contributed by atoms with van der Waals surface area (Å²) < 4.78 is 10.4. The maximum atomic E-state index is 13.2. The van der Waals surface area contributed by atoms with Crippen molar-refractivity contribution >= 4 is 29.1 Å². The zero-order valence-corrected chi connectivity index (χ0v) is 20.1. The van der Waals surface area contributed by atoms with E-state index in [-0.39, 0.29) is 23.3 Å². The van der Waals surface area contributed by atoms with Gasteiger partial charge in [0.1, 0.15) is 17.5 Å². The third-order valence-electron chi connectivity index (χ3n) is 5.37. The Labute approximate surface area is 204 Å². The molecule has 0 saturated carbocycles. The number of anilines is 2. The molecule has 0 aliphatic carbocycles. The number of rotatable bonds is 9. The van der Waals surface area contributed by atoms with Crippen LogP contribution in [-0.2, 0) is 4.79 Å². The molecule has 3 rings (SSSR count). The van der Waals surface area contributed by atoms with Gasteiger partial charge in [-0.25, -0.2) is 0 Å². The Bertz CT molecular complexity index is 1190. The third kappa shape index (κ3) is 6.38. The summed E-state index contributed by atoms with van der Waals surface area (Å²) in [5.74, 6) is -0.284. The first-order valence-corrected chi connectivity index (χ1v) is 11.1. The number of nitrogens with one attached hydrogen (secondary N) is 3. The van der Waals surface area contributed by atoms with Gasteiger partial charge >= 0.3 is 0 Å². The van der Waals surface area contributed by atoms with E-state index in [1.807, 2.05) is 13.8 Å². The minimum atomic E-state index is -0.822. The van der Waals surface area contributed by atoms with Gasteiger partial charge in [0.15, 0.2) is 0 Å². The topological polar surface area (TPSA) is 106 Å². The van der Waals surface area contributed by atoms with Crippen LogP contribution in [0.4, 0.5) is 11.4 Å². The smallest absolute Gasteiger partial charge is 0.255 e. The number of amides is 3. The van der Waals surface area contributed by atoms with Gasteiger partial charge < -0.3 is 25.4 Å². The summed E-state index contributed by atoms with van der Waals surface area (Å²) in [6.07, 6.45) is 0. The van der Waals surface area contributed by atoms with Crippen LogP contribution >= 0.6 is 0 Å². The Morgan fingerprint density at radius 1 is 0.714 bits per heavy atom. The van der Waals surface area contributed by atoms with Crippen LogP contribution in [0.5, 0.6) is 11.5 Å². The normalized spacial score (nSPS) is 11.3. The van der Waals surface area contributed by atoms with E-state index >= 15 is 0 Å². The van der Waals surface area contributed by atoms with Crippen molar-refractivity contribution in [2.45, 2.75) is 19.9 Å². The summed E-state index contributed by atoms with van der Waals surface area (Å²) in [5.41, 5.74) is 1.49. The quantitative estimate of drug-likeness (QED) is 0.427. The van der Waals surface area contributed by atoms with E-state index in [1.54, 1.807) is 79.9 Å². The zero-order chi connectivity index (χ0) is 25.4. The van der Waals surface area contributed by atoms with Gasteiger partial charge in [0.2, 0.25) is 5.91 Å². The van der Waals surface area contributed by atoms with Gasteiger partial charge in [0.25, 0.3) is 11.8 Å². The largest absolute Gasteiger partial charge is 0.497 e. The van der Waals surface area contributed by atoms with Crippen LogP contribution < -0.4 is 25.4 Å². The van der Waals surface area contributed by atoms with Gasteiger partial charge in [0.05, 0.1) is 31.2 Å². The highest BCUT2D eigenvalue weighted by Crippen LogP contribution is 2.24. The zero-order valence-electron chi connectivity index (χ0n) is 20.1. The fourth-order valence-electron chi connectivity index (χ4n) is 3.44. The summed E-state index contributed by atoms with van der Waals surface area (Å²) in [6.45, 7) is 3.67. The Balaban J connectivity index is 1.76. The molecule has 0 radical (unpaired) electrons. The van der Waals surface area contributed by atoms with Crippen LogP contribution in [0.3, 0.4) is 0 Å². The molecule has 0 fully saturated rings. The molecule has 0 aliphatic rings. The number of benzene rings is 3. The number of carbonyl (C=O) groups is 3. The average molecular weight is 476 g/mol. The number of carbonyl (C=O) groups excluding carboxylic acids is 3. The molecule has 35 heavy (non-hydrogen) atoms. The SMILES string of the molecule is COc1ccc(C(=O)Nc2ccccc2C(=O)N[C@H](C(=O)Nc2ccccc2OC)C(C)C)cc1. The summed E-state index contributed by atoms with van der Waals surface area (Å²) in [4.78, 5) is 38.9. The molecule has 3 aromatic carbocycles. The molecule has 8 nitrogen and oxygen atoms in total. The fraction of sp³-hybridized carbons (Fsp3) is 0.222. The van der Waals surface area contributed by atoms with Gasteiger partial charge in [-0.2, -0.15) is 0 Å². The molecule has 1 atom stereocenters. The van der Waals surface area contributed by atoms with E-state index in [2.05, 4.69) is 16.0 Å². The van der Waals surface area contributed by atoms with Gasteiger partial charge in [-0.15, -0.1) is 0 Å². The van der Waals surface area contributed by atoms with Crippen molar-refractivity contribution in [3.8, 4) is 11.5 Å². The molecule has 0 unspecified atom stereocenters. The molecule has 182 valence electrons. The van der Waals surface area contributed by atoms with Gasteiger partial charge in [0, 0.05) is 5.56 Å². The Hall–Kier alpha value is -4.33. The van der Waals surface area contributed by atoms with Crippen molar-refractivity contribution in [3.05, 3.63) is 83.9 Å². The monoisotopic (exact) mass is 475 g/mol. The van der Waals surface area contributed by atoms with Crippen molar-refractivity contribution in [3.63, 3.8) is 0 Å². The summed E-state index contributed by atoms with van der Waals surface area (Å²) in [6, 6.07) is 19.5. The third-order valence-corrected chi connectivity index (χ3v) is 5.37. The number of ether oxygens (including phenoxy) is 2. The number of hydrogen-bond acceptors (Lipinski definition) is 5. The number of para-hydroxylation sites is 3. The first kappa shape index (κ1) is 25.3. The van der Waals surface area contributed by atoms with Gasteiger partial charge in [-0.05, 0) is 54.4 Å². The van der Waals surface area contributed by atoms with Crippen molar-refractivity contribution in [2.75, 3.05) is 24.9 Å². The van der Waals surface area contributed by atoms with E-state index in [0.717, 1.165) is 0 Å². The first-order valence-electron chi connectivity index (χ1n) is 11.1. The van der Waals surface area contributed by atoms with Crippen LogP contribution in [0.15, 0.2) is 72.8 Å². The molecule has 3 amide bonds. The highest BCUT2D eigenvalue weighted by molar-refractivity contribution is 6.10. The van der Waals surface area contributed by atoms with E-state index < -0.39 is 11.9 Å². The second-order valence-corrected chi connectivity index (χ2v) is 8.11. The lowest BCUT2D eigenvalue weighted by Crippen LogP contribution is -2.47. The minimum Gasteiger partial charge on any atom is -0.497 e. The van der Waals surface area contributed by atoms with Crippen molar-refractivity contribution in [1.82, 2.24) is 5.32 Å². The standard InChI is InChI=1S/C27H29N3O5/c1-17(2)24(27(33)29-22-11-7-8-12-23(22)35-4)30-26(32)20-9-5-6-10-21(20)28-25(31)18-13-15-19(34-3)16-14-18/h5-17,24H,1-4H3,(H,28,31)(H,29,33)(H,30,32)/t24-/m0/s1. The second kappa shape index (κ2) is 11.7. The lowest BCUT2D eigenvalue weighted by atomic mass is 10.0. The number of hydrogen-bond donors (Lipinski definition) is 3. The van der Waals surface area contributed by atoms with E-state index in [4.69, 9.17) is 9.47 Å². The molecule has 3 N–H and O–H groups in total. The van der Waals surface area contributed by atoms with Crippen LogP contribution in [0.25, 0.3) is 0 Å². The molecule has 0 bridgehead atoms. The molecule has 0 heterocycles. The molecule has 8 heteroatoms. The molecule has 0 aromatic heterocycles. The fourth-order valence-corrected chi connectivity index (χ4v) is 3.44. The van der Waals surface area contributed by atoms with Gasteiger partial charge in [-0.1, -0.05) is 38.1 Å². The maximum absolute atomic E-state index is 13.2. The molecule has 0 aliphatic heterocycles. The van der Waals surface area contributed by atoms with Crippen LogP contribution in [0.1, 0.15) is 34.6 Å². The van der Waals surface area contributed by atoms with Gasteiger partial charge in [-0.3, -0.25) is 14.4 Å². The number of methoxy groups -OCH3 is 2.